The summed E-state index contributed by atoms with van der Waals surface area (Å²) in [5, 5.41) is 0.707. The van der Waals surface area contributed by atoms with E-state index < -0.39 is 28.1 Å². The lowest BCUT2D eigenvalue weighted by molar-refractivity contribution is -0.0223. The standard InChI is InChI=1S/C20H27ClF2N4O2S/c1-12(25-30(29)19(2,3)4)14-10-13(21)11-15-16(14)24-18(26(5)17(15)28)27-8-6-20(22,23)7-9-27/h10-12,25H,6-9H2,1-5H3/t12?,30-/m1/s1. The molecule has 6 nitrogen and oxygen atoms in total. The van der Waals surface area contributed by atoms with Crippen LogP contribution in [0.25, 0.3) is 10.9 Å². The van der Waals surface area contributed by atoms with E-state index in [1.54, 1.807) is 24.1 Å². The molecule has 0 spiro atoms. The maximum absolute atomic E-state index is 13.6. The van der Waals surface area contributed by atoms with Crippen LogP contribution in [0.15, 0.2) is 16.9 Å². The second-order valence-electron chi connectivity index (χ2n) is 8.73. The van der Waals surface area contributed by atoms with Crippen LogP contribution in [0.1, 0.15) is 52.1 Å². The van der Waals surface area contributed by atoms with Gasteiger partial charge in [0, 0.05) is 54.9 Å². The Labute approximate surface area is 182 Å². The normalized spacial score (nSPS) is 19.2. The fraction of sp³-hybridized carbons (Fsp3) is 0.600. The molecule has 1 aromatic heterocycles. The van der Waals surface area contributed by atoms with Crippen molar-refractivity contribution in [2.24, 2.45) is 7.05 Å². The monoisotopic (exact) mass is 460 g/mol. The van der Waals surface area contributed by atoms with E-state index in [2.05, 4.69) is 9.71 Å². The van der Waals surface area contributed by atoms with Crippen molar-refractivity contribution in [1.29, 1.82) is 0 Å². The van der Waals surface area contributed by atoms with Crippen LogP contribution >= 0.6 is 11.6 Å². The third-order valence-electron chi connectivity index (χ3n) is 5.24. The van der Waals surface area contributed by atoms with Crippen LogP contribution in [0.4, 0.5) is 14.7 Å². The van der Waals surface area contributed by atoms with Gasteiger partial charge in [-0.3, -0.25) is 9.36 Å². The zero-order valence-electron chi connectivity index (χ0n) is 17.8. The van der Waals surface area contributed by atoms with Gasteiger partial charge in [0.05, 0.1) is 16.9 Å². The molecular formula is C20H27ClF2N4O2S. The Morgan fingerprint density at radius 2 is 1.90 bits per heavy atom. The summed E-state index contributed by atoms with van der Waals surface area (Å²) in [6.07, 6.45) is -0.562. The molecule has 2 atom stereocenters. The number of anilines is 1. The van der Waals surface area contributed by atoms with E-state index >= 15 is 0 Å². The van der Waals surface area contributed by atoms with Gasteiger partial charge in [-0.05, 0) is 39.8 Å². The first-order chi connectivity index (χ1) is 13.8. The van der Waals surface area contributed by atoms with E-state index in [0.717, 1.165) is 0 Å². The zero-order chi connectivity index (χ0) is 22.4. The van der Waals surface area contributed by atoms with Gasteiger partial charge in [-0.2, -0.15) is 0 Å². The second-order valence-corrected chi connectivity index (χ2v) is 11.2. The highest BCUT2D eigenvalue weighted by molar-refractivity contribution is 7.90. The van der Waals surface area contributed by atoms with Gasteiger partial charge >= 0.3 is 0 Å². The minimum Gasteiger partial charge on any atom is -0.598 e. The Kier molecular flexibility index (Phi) is 6.40. The Hall–Kier alpha value is -1.42. The Balaban J connectivity index is 2.08. The van der Waals surface area contributed by atoms with Crippen LogP contribution in [0.3, 0.4) is 0 Å². The summed E-state index contributed by atoms with van der Waals surface area (Å²) in [4.78, 5) is 19.4. The van der Waals surface area contributed by atoms with E-state index in [9.17, 15) is 18.1 Å². The Morgan fingerprint density at radius 3 is 2.47 bits per heavy atom. The van der Waals surface area contributed by atoms with Crippen molar-refractivity contribution in [3.8, 4) is 0 Å². The van der Waals surface area contributed by atoms with E-state index in [-0.39, 0.29) is 31.5 Å². The Morgan fingerprint density at radius 1 is 1.30 bits per heavy atom. The minimum atomic E-state index is -2.69. The van der Waals surface area contributed by atoms with Gasteiger partial charge in [0.25, 0.3) is 11.5 Å². The molecule has 0 amide bonds. The van der Waals surface area contributed by atoms with Crippen LogP contribution in [0.5, 0.6) is 0 Å². The van der Waals surface area contributed by atoms with Gasteiger partial charge in [0.1, 0.15) is 4.75 Å². The second kappa shape index (κ2) is 8.26. The predicted molar refractivity (Wildman–Crippen MR) is 118 cm³/mol. The number of benzene rings is 1. The smallest absolute Gasteiger partial charge is 0.262 e. The predicted octanol–water partition coefficient (Wildman–Crippen LogP) is 3.94. The average Bonchev–Trinajstić information content (AvgIpc) is 2.64. The van der Waals surface area contributed by atoms with Crippen molar-refractivity contribution < 1.29 is 13.3 Å². The first-order valence-corrected chi connectivity index (χ1v) is 11.3. The summed E-state index contributed by atoms with van der Waals surface area (Å²) < 4.78 is 43.7. The molecule has 1 N–H and O–H groups in total. The number of nitrogens with one attached hydrogen (secondary N) is 1. The molecule has 10 heteroatoms. The maximum atomic E-state index is 13.6. The summed E-state index contributed by atoms with van der Waals surface area (Å²) >= 11 is 4.92. The first kappa shape index (κ1) is 23.2. The third-order valence-corrected chi connectivity index (χ3v) is 7.13. The maximum Gasteiger partial charge on any atom is 0.262 e. The van der Waals surface area contributed by atoms with E-state index in [1.165, 1.54) is 4.57 Å². The topological polar surface area (TPSA) is 73.2 Å². The van der Waals surface area contributed by atoms with Gasteiger partial charge in [0.2, 0.25) is 5.95 Å². The molecule has 1 saturated heterocycles. The number of fused-ring (bicyclic) bond motifs is 1. The Bertz CT molecular complexity index is 999. The molecule has 2 heterocycles. The molecule has 1 aliphatic rings. The number of piperidine rings is 1. The number of hydrogen-bond acceptors (Lipinski definition) is 5. The van der Waals surface area contributed by atoms with Crippen LogP contribution in [-0.4, -0.2) is 37.9 Å². The molecule has 3 rings (SSSR count). The van der Waals surface area contributed by atoms with Crippen molar-refractivity contribution in [2.45, 2.75) is 57.2 Å². The minimum absolute atomic E-state index is 0.115. The van der Waals surface area contributed by atoms with Crippen molar-refractivity contribution in [2.75, 3.05) is 18.0 Å². The number of halogens is 3. The van der Waals surface area contributed by atoms with Crippen molar-refractivity contribution >= 4 is 39.8 Å². The van der Waals surface area contributed by atoms with Crippen molar-refractivity contribution in [3.63, 3.8) is 0 Å². The van der Waals surface area contributed by atoms with Gasteiger partial charge in [0.15, 0.2) is 0 Å². The van der Waals surface area contributed by atoms with E-state index in [0.29, 0.717) is 27.4 Å². The fourth-order valence-corrected chi connectivity index (χ4v) is 4.43. The average molecular weight is 461 g/mol. The first-order valence-electron chi connectivity index (χ1n) is 9.81. The van der Waals surface area contributed by atoms with Crippen molar-refractivity contribution in [3.05, 3.63) is 33.1 Å². The molecule has 30 heavy (non-hydrogen) atoms. The molecular weight excluding hydrogens is 434 g/mol. The summed E-state index contributed by atoms with van der Waals surface area (Å²) in [7, 11) is 1.58. The summed E-state index contributed by atoms with van der Waals surface area (Å²) in [6, 6.07) is 2.85. The van der Waals surface area contributed by atoms with Crippen LogP contribution < -0.4 is 15.2 Å². The summed E-state index contributed by atoms with van der Waals surface area (Å²) in [5.41, 5.74) is 0.761. The molecule has 2 aromatic rings. The van der Waals surface area contributed by atoms with Gasteiger partial charge < -0.3 is 9.45 Å². The molecule has 0 saturated carbocycles. The van der Waals surface area contributed by atoms with Gasteiger partial charge in [-0.25, -0.2) is 13.8 Å². The lowest BCUT2D eigenvalue weighted by Gasteiger charge is -2.33. The number of hydrogen-bond donors (Lipinski definition) is 1. The number of alkyl halides is 2. The quantitative estimate of drug-likeness (QED) is 0.700. The largest absolute Gasteiger partial charge is 0.598 e. The highest BCUT2D eigenvalue weighted by Crippen LogP contribution is 2.32. The van der Waals surface area contributed by atoms with Gasteiger partial charge in [-0.1, -0.05) is 11.6 Å². The van der Waals surface area contributed by atoms with Crippen LogP contribution in [0.2, 0.25) is 5.02 Å². The van der Waals surface area contributed by atoms with Crippen LogP contribution in [-0.2, 0) is 18.4 Å². The summed E-state index contributed by atoms with van der Waals surface area (Å²) in [6.45, 7) is 7.63. The third kappa shape index (κ3) is 4.74. The molecule has 0 bridgehead atoms. The summed E-state index contributed by atoms with van der Waals surface area (Å²) in [5.74, 6) is -2.35. The highest BCUT2D eigenvalue weighted by Gasteiger charge is 2.35. The fourth-order valence-electron chi connectivity index (χ4n) is 3.40. The highest BCUT2D eigenvalue weighted by atomic mass is 35.5. The van der Waals surface area contributed by atoms with E-state index in [1.807, 2.05) is 27.7 Å². The molecule has 1 aromatic carbocycles. The molecule has 1 fully saturated rings. The molecule has 0 radical (unpaired) electrons. The van der Waals surface area contributed by atoms with Crippen molar-refractivity contribution in [1.82, 2.24) is 14.3 Å². The molecule has 0 aliphatic carbocycles. The van der Waals surface area contributed by atoms with Gasteiger partial charge in [-0.15, -0.1) is 4.72 Å². The number of nitrogens with zero attached hydrogens (tertiary/aromatic N) is 3. The lowest BCUT2D eigenvalue weighted by Crippen LogP contribution is -2.42. The lowest BCUT2D eigenvalue weighted by atomic mass is 10.0. The number of aromatic nitrogens is 2. The molecule has 166 valence electrons. The molecule has 1 unspecified atom stereocenters. The zero-order valence-corrected chi connectivity index (χ0v) is 19.3. The SMILES string of the molecule is CC(N[S@+]([O-])C(C)(C)C)c1cc(Cl)cc2c(=O)n(C)c(N3CCC(F)(F)CC3)nc12. The van der Waals surface area contributed by atoms with Crippen LogP contribution in [0, 0.1) is 0 Å². The number of rotatable bonds is 4. The van der Waals surface area contributed by atoms with E-state index in [4.69, 9.17) is 11.6 Å². The molecule has 1 aliphatic heterocycles.